The predicted octanol–water partition coefficient (Wildman–Crippen LogP) is 0.182. The summed E-state index contributed by atoms with van der Waals surface area (Å²) in [5.74, 6) is -0.801. The van der Waals surface area contributed by atoms with Gasteiger partial charge >= 0.3 is 5.97 Å². The molecule has 1 saturated heterocycles. The highest BCUT2D eigenvalue weighted by Gasteiger charge is 2.25. The smallest absolute Gasteiger partial charge is 0.338 e. The molecule has 1 aliphatic heterocycles. The first-order chi connectivity index (χ1) is 12.3. The van der Waals surface area contributed by atoms with Crippen LogP contribution < -0.4 is 4.72 Å². The highest BCUT2D eigenvalue weighted by Crippen LogP contribution is 2.10. The molecule has 1 atom stereocenters. The summed E-state index contributed by atoms with van der Waals surface area (Å²) >= 11 is 0. The van der Waals surface area contributed by atoms with Gasteiger partial charge in [0.1, 0.15) is 0 Å². The third-order valence-electron chi connectivity index (χ3n) is 3.92. The number of rotatable bonds is 7. The first-order valence-electron chi connectivity index (χ1n) is 8.37. The molecule has 0 spiro atoms. The Morgan fingerprint density at radius 1 is 1.23 bits per heavy atom. The molecule has 1 amide bonds. The van der Waals surface area contributed by atoms with E-state index >= 15 is 0 Å². The molecule has 1 heterocycles. The predicted molar refractivity (Wildman–Crippen MR) is 95.3 cm³/mol. The second-order valence-corrected chi connectivity index (χ2v) is 7.93. The molecule has 2 rings (SSSR count). The van der Waals surface area contributed by atoms with Crippen LogP contribution in [0.2, 0.25) is 0 Å². The van der Waals surface area contributed by atoms with Crippen LogP contribution in [0.3, 0.4) is 0 Å². The van der Waals surface area contributed by atoms with Crippen LogP contribution in [0.15, 0.2) is 24.3 Å². The standard InChI is InChI=1S/C17H24N2O6S/c1-13(16(20)19-9-11-24-12-10-19)25-17(21)15-5-3-14(4-6-15)7-8-18-26(2,22)23/h3-6,13,18H,7-12H2,1-2H3. The third-order valence-corrected chi connectivity index (χ3v) is 4.65. The van der Waals surface area contributed by atoms with Crippen molar-refractivity contribution in [3.05, 3.63) is 35.4 Å². The molecular weight excluding hydrogens is 360 g/mol. The van der Waals surface area contributed by atoms with Gasteiger partial charge < -0.3 is 14.4 Å². The minimum Gasteiger partial charge on any atom is -0.449 e. The Morgan fingerprint density at radius 2 is 1.85 bits per heavy atom. The van der Waals surface area contributed by atoms with Crippen LogP contribution in [0, 0.1) is 0 Å². The van der Waals surface area contributed by atoms with E-state index in [1.807, 2.05) is 0 Å². The Hall–Kier alpha value is -1.97. The number of esters is 1. The zero-order valence-corrected chi connectivity index (χ0v) is 15.8. The molecule has 0 aliphatic carbocycles. The lowest BCUT2D eigenvalue weighted by molar-refractivity contribution is -0.143. The molecule has 0 saturated carbocycles. The molecule has 1 aliphatic rings. The minimum absolute atomic E-state index is 0.231. The van der Waals surface area contributed by atoms with Crippen LogP contribution in [0.1, 0.15) is 22.8 Å². The molecule has 1 unspecified atom stereocenters. The van der Waals surface area contributed by atoms with Crippen LogP contribution >= 0.6 is 0 Å². The fourth-order valence-electron chi connectivity index (χ4n) is 2.51. The van der Waals surface area contributed by atoms with Crippen LogP contribution in [0.5, 0.6) is 0 Å². The van der Waals surface area contributed by atoms with Crippen molar-refractivity contribution in [3.8, 4) is 0 Å². The molecule has 26 heavy (non-hydrogen) atoms. The molecular formula is C17H24N2O6S. The molecule has 9 heteroatoms. The van der Waals surface area contributed by atoms with E-state index in [1.54, 1.807) is 36.1 Å². The van der Waals surface area contributed by atoms with Crippen LogP contribution in [0.4, 0.5) is 0 Å². The van der Waals surface area contributed by atoms with E-state index in [4.69, 9.17) is 9.47 Å². The number of carbonyl (C=O) groups excluding carboxylic acids is 2. The van der Waals surface area contributed by atoms with E-state index in [1.165, 1.54) is 0 Å². The van der Waals surface area contributed by atoms with Gasteiger partial charge in [-0.15, -0.1) is 0 Å². The van der Waals surface area contributed by atoms with Gasteiger partial charge in [-0.1, -0.05) is 12.1 Å². The van der Waals surface area contributed by atoms with Gasteiger partial charge in [-0.3, -0.25) is 4.79 Å². The number of hydrogen-bond acceptors (Lipinski definition) is 6. The van der Waals surface area contributed by atoms with Crippen LogP contribution in [0.25, 0.3) is 0 Å². The van der Waals surface area contributed by atoms with Gasteiger partial charge in [-0.05, 0) is 31.0 Å². The average molecular weight is 384 g/mol. The Balaban J connectivity index is 1.85. The van der Waals surface area contributed by atoms with Crippen molar-refractivity contribution in [1.82, 2.24) is 9.62 Å². The minimum atomic E-state index is -3.21. The summed E-state index contributed by atoms with van der Waals surface area (Å²) in [5, 5.41) is 0. The molecule has 0 bridgehead atoms. The summed E-state index contributed by atoms with van der Waals surface area (Å²) in [6.07, 6.45) is 0.749. The topological polar surface area (TPSA) is 102 Å². The summed E-state index contributed by atoms with van der Waals surface area (Å²) in [7, 11) is -3.21. The Bertz CT molecular complexity index is 726. The van der Waals surface area contributed by atoms with E-state index in [-0.39, 0.29) is 12.5 Å². The van der Waals surface area contributed by atoms with Gasteiger partial charge in [0.25, 0.3) is 5.91 Å². The van der Waals surface area contributed by atoms with Crippen LogP contribution in [-0.4, -0.2) is 70.4 Å². The monoisotopic (exact) mass is 384 g/mol. The first-order valence-corrected chi connectivity index (χ1v) is 10.3. The maximum absolute atomic E-state index is 12.3. The summed E-state index contributed by atoms with van der Waals surface area (Å²) in [6.45, 7) is 3.81. The largest absolute Gasteiger partial charge is 0.449 e. The lowest BCUT2D eigenvalue weighted by Gasteiger charge is -2.28. The molecule has 8 nitrogen and oxygen atoms in total. The molecule has 1 aromatic rings. The van der Waals surface area contributed by atoms with Crippen molar-refractivity contribution < 1.29 is 27.5 Å². The number of hydrogen-bond donors (Lipinski definition) is 1. The van der Waals surface area contributed by atoms with Crippen molar-refractivity contribution in [3.63, 3.8) is 0 Å². The van der Waals surface area contributed by atoms with Gasteiger partial charge in [-0.2, -0.15) is 0 Å². The normalized spacial score (nSPS) is 16.2. The van der Waals surface area contributed by atoms with E-state index in [2.05, 4.69) is 4.72 Å². The van der Waals surface area contributed by atoms with Crippen LogP contribution in [-0.2, 0) is 30.7 Å². The number of morpholine rings is 1. The SMILES string of the molecule is CC(OC(=O)c1ccc(CCNS(C)(=O)=O)cc1)C(=O)N1CCOCC1. The zero-order chi connectivity index (χ0) is 19.2. The van der Waals surface area contributed by atoms with Crippen molar-refractivity contribution in [2.45, 2.75) is 19.4 Å². The summed E-state index contributed by atoms with van der Waals surface area (Å²) in [6, 6.07) is 6.66. The summed E-state index contributed by atoms with van der Waals surface area (Å²) in [4.78, 5) is 26.1. The molecule has 144 valence electrons. The highest BCUT2D eigenvalue weighted by molar-refractivity contribution is 7.88. The number of benzene rings is 1. The van der Waals surface area contributed by atoms with Crippen molar-refractivity contribution in [1.29, 1.82) is 0 Å². The maximum Gasteiger partial charge on any atom is 0.338 e. The number of amides is 1. The summed E-state index contributed by atoms with van der Waals surface area (Å²) < 4.78 is 34.9. The quantitative estimate of drug-likeness (QED) is 0.673. The maximum atomic E-state index is 12.3. The number of ether oxygens (including phenoxy) is 2. The van der Waals surface area contributed by atoms with Crippen molar-refractivity contribution in [2.24, 2.45) is 0 Å². The number of nitrogens with one attached hydrogen (secondary N) is 1. The molecule has 1 fully saturated rings. The summed E-state index contributed by atoms with van der Waals surface area (Å²) in [5.41, 5.74) is 1.22. The van der Waals surface area contributed by atoms with E-state index in [0.717, 1.165) is 11.8 Å². The number of nitrogens with zero attached hydrogens (tertiary/aromatic N) is 1. The lowest BCUT2D eigenvalue weighted by Crippen LogP contribution is -2.46. The first kappa shape index (κ1) is 20.3. The Kier molecular flexibility index (Phi) is 7.13. The highest BCUT2D eigenvalue weighted by atomic mass is 32.2. The van der Waals surface area contributed by atoms with Crippen molar-refractivity contribution >= 4 is 21.9 Å². The van der Waals surface area contributed by atoms with E-state index < -0.39 is 22.1 Å². The fraction of sp³-hybridized carbons (Fsp3) is 0.529. The van der Waals surface area contributed by atoms with Gasteiger partial charge in [0.05, 0.1) is 25.0 Å². The van der Waals surface area contributed by atoms with Gasteiger partial charge in [0.15, 0.2) is 6.10 Å². The Labute approximate surface area is 153 Å². The van der Waals surface area contributed by atoms with Crippen molar-refractivity contribution in [2.75, 3.05) is 39.1 Å². The van der Waals surface area contributed by atoms with Gasteiger partial charge in [0.2, 0.25) is 10.0 Å². The zero-order valence-electron chi connectivity index (χ0n) is 14.9. The second-order valence-electron chi connectivity index (χ2n) is 6.10. The van der Waals surface area contributed by atoms with E-state index in [9.17, 15) is 18.0 Å². The average Bonchev–Trinajstić information content (AvgIpc) is 2.61. The number of carbonyl (C=O) groups is 2. The number of sulfonamides is 1. The molecule has 1 N–H and O–H groups in total. The van der Waals surface area contributed by atoms with Gasteiger partial charge in [0, 0.05) is 19.6 Å². The third kappa shape index (κ3) is 6.40. The lowest BCUT2D eigenvalue weighted by atomic mass is 10.1. The van der Waals surface area contributed by atoms with E-state index in [0.29, 0.717) is 38.3 Å². The molecule has 0 aromatic heterocycles. The fourth-order valence-corrected chi connectivity index (χ4v) is 2.98. The molecule has 0 radical (unpaired) electrons. The van der Waals surface area contributed by atoms with Gasteiger partial charge in [-0.25, -0.2) is 17.9 Å². The molecule has 1 aromatic carbocycles. The Morgan fingerprint density at radius 3 is 2.42 bits per heavy atom. The second kappa shape index (κ2) is 9.11.